The maximum absolute atomic E-state index is 13.3. The number of hydrogen-bond donors (Lipinski definition) is 1. The average molecular weight is 455 g/mol. The zero-order valence-corrected chi connectivity index (χ0v) is 20.1. The molecule has 8 nitrogen and oxygen atoms in total. The molecule has 0 saturated heterocycles. The number of rotatable bonds is 4. The molecule has 1 aromatic heterocycles. The summed E-state index contributed by atoms with van der Waals surface area (Å²) in [6, 6.07) is 11.2. The quantitative estimate of drug-likeness (QED) is 0.765. The maximum Gasteiger partial charge on any atom is 0.257 e. The number of anilines is 1. The second-order valence-corrected chi connectivity index (χ2v) is 8.74. The predicted molar refractivity (Wildman–Crippen MR) is 127 cm³/mol. The highest BCUT2D eigenvalue weighted by molar-refractivity contribution is 5.99. The molecule has 0 saturated carbocycles. The molecular weight excluding hydrogens is 420 g/mol. The Labute approximate surface area is 195 Å². The monoisotopic (exact) mass is 454 g/mol. The fraction of sp³-hybridized carbons (Fsp3) is 0.480. The first kappa shape index (κ1) is 24.7. The lowest BCUT2D eigenvalue weighted by molar-refractivity contribution is -0.114. The molecule has 1 aliphatic rings. The summed E-state index contributed by atoms with van der Waals surface area (Å²) in [6.45, 7) is 7.99. The number of amides is 2. The number of hydrogen-bond acceptors (Lipinski definition) is 6. The molecule has 1 aliphatic heterocycles. The van der Waals surface area contributed by atoms with Crippen LogP contribution in [-0.4, -0.2) is 72.6 Å². The summed E-state index contributed by atoms with van der Waals surface area (Å²) in [5.74, 6) is 0.288. The second-order valence-electron chi connectivity index (χ2n) is 8.74. The number of carbonyl (C=O) groups is 2. The Balaban J connectivity index is 1.94. The van der Waals surface area contributed by atoms with Crippen molar-refractivity contribution in [3.05, 3.63) is 53.9 Å². The number of nitrogens with zero attached hydrogens (tertiary/aromatic N) is 3. The third-order valence-corrected chi connectivity index (χ3v) is 5.99. The van der Waals surface area contributed by atoms with E-state index in [0.29, 0.717) is 36.7 Å². The van der Waals surface area contributed by atoms with Gasteiger partial charge in [-0.25, -0.2) is 0 Å². The second kappa shape index (κ2) is 11.2. The van der Waals surface area contributed by atoms with Crippen LogP contribution in [0.15, 0.2) is 42.6 Å². The number of benzene rings is 1. The van der Waals surface area contributed by atoms with Crippen molar-refractivity contribution in [2.45, 2.75) is 39.5 Å². The molecular formula is C25H34N4O4. The summed E-state index contributed by atoms with van der Waals surface area (Å²) in [5, 5.41) is 2.74. The number of methoxy groups -OCH3 is 1. The maximum atomic E-state index is 13.3. The Morgan fingerprint density at radius 3 is 2.70 bits per heavy atom. The molecule has 0 unspecified atom stereocenters. The molecule has 0 spiro atoms. The summed E-state index contributed by atoms with van der Waals surface area (Å²) < 4.78 is 12.0. The van der Waals surface area contributed by atoms with Crippen LogP contribution in [-0.2, 0) is 16.1 Å². The highest BCUT2D eigenvalue weighted by Gasteiger charge is 2.28. The minimum Gasteiger partial charge on any atom is -0.491 e. The summed E-state index contributed by atoms with van der Waals surface area (Å²) in [4.78, 5) is 33.3. The van der Waals surface area contributed by atoms with Gasteiger partial charge in [-0.15, -0.1) is 0 Å². The lowest BCUT2D eigenvalue weighted by Crippen LogP contribution is -2.46. The van der Waals surface area contributed by atoms with Gasteiger partial charge in [0, 0.05) is 58.6 Å². The topological polar surface area (TPSA) is 84.0 Å². The largest absolute Gasteiger partial charge is 0.491 e. The van der Waals surface area contributed by atoms with Crippen molar-refractivity contribution < 1.29 is 19.1 Å². The number of nitrogens with one attached hydrogen (secondary N) is 1. The molecule has 2 aromatic rings. The van der Waals surface area contributed by atoms with E-state index < -0.39 is 0 Å². The molecule has 33 heavy (non-hydrogen) atoms. The van der Waals surface area contributed by atoms with Crippen LogP contribution in [0, 0.1) is 5.92 Å². The Bertz CT molecular complexity index is 953. The summed E-state index contributed by atoms with van der Waals surface area (Å²) in [7, 11) is 3.44. The third-order valence-electron chi connectivity index (χ3n) is 5.99. The fourth-order valence-electron chi connectivity index (χ4n) is 4.05. The Morgan fingerprint density at radius 1 is 1.24 bits per heavy atom. The van der Waals surface area contributed by atoms with E-state index in [1.54, 1.807) is 43.5 Å². The zero-order chi connectivity index (χ0) is 24.0. The normalized spacial score (nSPS) is 22.5. The van der Waals surface area contributed by atoms with Crippen molar-refractivity contribution in [2.75, 3.05) is 39.2 Å². The third kappa shape index (κ3) is 6.52. The van der Waals surface area contributed by atoms with Crippen molar-refractivity contribution in [2.24, 2.45) is 5.92 Å². The first-order chi connectivity index (χ1) is 15.8. The van der Waals surface area contributed by atoms with Crippen LogP contribution in [0.5, 0.6) is 5.75 Å². The van der Waals surface area contributed by atoms with Crippen LogP contribution >= 0.6 is 0 Å². The number of ether oxygens (including phenoxy) is 2. The predicted octanol–water partition coefficient (Wildman–Crippen LogP) is 3.05. The number of likely N-dealkylation sites (N-methyl/N-ethyl adjacent to an activating group) is 1. The average Bonchev–Trinajstić information content (AvgIpc) is 2.80. The van der Waals surface area contributed by atoms with Gasteiger partial charge in [-0.2, -0.15) is 0 Å². The van der Waals surface area contributed by atoms with Crippen LogP contribution in [0.1, 0.15) is 36.8 Å². The molecule has 3 rings (SSSR count). The van der Waals surface area contributed by atoms with E-state index in [-0.39, 0.29) is 29.9 Å². The molecule has 1 N–H and O–H groups in total. The minimum atomic E-state index is -0.197. The van der Waals surface area contributed by atoms with Gasteiger partial charge in [-0.1, -0.05) is 13.0 Å². The molecule has 2 heterocycles. The van der Waals surface area contributed by atoms with Crippen LogP contribution in [0.3, 0.4) is 0 Å². The van der Waals surface area contributed by atoms with E-state index in [1.807, 2.05) is 18.2 Å². The number of aromatic nitrogens is 1. The lowest BCUT2D eigenvalue weighted by Gasteiger charge is -2.35. The van der Waals surface area contributed by atoms with Gasteiger partial charge in [0.15, 0.2) is 0 Å². The van der Waals surface area contributed by atoms with E-state index >= 15 is 0 Å². The number of fused-ring (bicyclic) bond motifs is 1. The summed E-state index contributed by atoms with van der Waals surface area (Å²) >= 11 is 0. The van der Waals surface area contributed by atoms with Crippen molar-refractivity contribution >= 4 is 17.5 Å². The van der Waals surface area contributed by atoms with Gasteiger partial charge in [0.25, 0.3) is 5.91 Å². The summed E-state index contributed by atoms with van der Waals surface area (Å²) in [6.07, 6.45) is 1.66. The van der Waals surface area contributed by atoms with Gasteiger partial charge in [-0.3, -0.25) is 19.5 Å². The van der Waals surface area contributed by atoms with E-state index in [2.05, 4.69) is 29.0 Å². The van der Waals surface area contributed by atoms with Crippen LogP contribution in [0.4, 0.5) is 5.69 Å². The molecule has 0 bridgehead atoms. The van der Waals surface area contributed by atoms with E-state index in [0.717, 1.165) is 12.2 Å². The summed E-state index contributed by atoms with van der Waals surface area (Å²) in [5.41, 5.74) is 1.96. The Morgan fingerprint density at radius 2 is 2.03 bits per heavy atom. The highest BCUT2D eigenvalue weighted by Crippen LogP contribution is 2.26. The van der Waals surface area contributed by atoms with Crippen molar-refractivity contribution in [1.82, 2.24) is 14.8 Å². The lowest BCUT2D eigenvalue weighted by atomic mass is 10.0. The van der Waals surface area contributed by atoms with Gasteiger partial charge in [0.1, 0.15) is 12.4 Å². The van der Waals surface area contributed by atoms with Gasteiger partial charge >= 0.3 is 0 Å². The SMILES string of the molecule is CO[C@@H]1CN(C)C(=O)c2cc(NC(C)=O)ccc2OC[C@H](C)N(Cc2ccccn2)C[C@@H]1C. The van der Waals surface area contributed by atoms with E-state index in [9.17, 15) is 9.59 Å². The van der Waals surface area contributed by atoms with Crippen LogP contribution in [0.25, 0.3) is 0 Å². The molecule has 0 radical (unpaired) electrons. The van der Waals surface area contributed by atoms with Crippen LogP contribution in [0.2, 0.25) is 0 Å². The van der Waals surface area contributed by atoms with Crippen LogP contribution < -0.4 is 10.1 Å². The molecule has 0 aliphatic carbocycles. The van der Waals surface area contributed by atoms with Gasteiger partial charge in [0.05, 0.1) is 17.4 Å². The first-order valence-corrected chi connectivity index (χ1v) is 11.2. The molecule has 1 aromatic carbocycles. The van der Waals surface area contributed by atoms with Gasteiger partial charge < -0.3 is 19.7 Å². The Hall–Kier alpha value is -2.97. The van der Waals surface area contributed by atoms with E-state index in [4.69, 9.17) is 9.47 Å². The Kier molecular flexibility index (Phi) is 8.41. The van der Waals surface area contributed by atoms with Gasteiger partial charge in [0.2, 0.25) is 5.91 Å². The first-order valence-electron chi connectivity index (χ1n) is 11.2. The van der Waals surface area contributed by atoms with Crippen molar-refractivity contribution in [3.63, 3.8) is 0 Å². The highest BCUT2D eigenvalue weighted by atomic mass is 16.5. The fourth-order valence-corrected chi connectivity index (χ4v) is 4.05. The molecule has 8 heteroatoms. The van der Waals surface area contributed by atoms with E-state index in [1.165, 1.54) is 6.92 Å². The molecule has 0 fully saturated rings. The van der Waals surface area contributed by atoms with Gasteiger partial charge in [-0.05, 0) is 43.2 Å². The molecule has 178 valence electrons. The van der Waals surface area contributed by atoms with Crippen molar-refractivity contribution in [1.29, 1.82) is 0 Å². The smallest absolute Gasteiger partial charge is 0.257 e. The molecule has 2 amide bonds. The zero-order valence-electron chi connectivity index (χ0n) is 20.1. The minimum absolute atomic E-state index is 0.0714. The standard InChI is InChI=1S/C25H34N4O4/c1-17-13-29(14-21-8-6-7-11-26-21)18(2)16-33-23-10-9-20(27-19(3)30)12-22(23)25(31)28(4)15-24(17)32-5/h6-12,17-18,24H,13-16H2,1-5H3,(H,27,30)/t17-,18-,24+/m0/s1. The van der Waals surface area contributed by atoms with Crippen molar-refractivity contribution in [3.8, 4) is 5.75 Å². The molecule has 3 atom stereocenters. The number of pyridine rings is 1. The number of carbonyl (C=O) groups excluding carboxylic acids is 2.